The average Bonchev–Trinajstić information content (AvgIpc) is 2.90. The second-order valence-electron chi connectivity index (χ2n) is 8.99. The van der Waals surface area contributed by atoms with Gasteiger partial charge in [0.25, 0.3) is 0 Å². The van der Waals surface area contributed by atoms with Crippen molar-refractivity contribution < 1.29 is 4.79 Å². The highest BCUT2D eigenvalue weighted by Gasteiger charge is 2.30. The van der Waals surface area contributed by atoms with Crippen LogP contribution in [0.25, 0.3) is 11.3 Å². The third kappa shape index (κ3) is 5.22. The molecular formula is C27H31N5O. The maximum absolute atomic E-state index is 13.1. The first-order valence-electron chi connectivity index (χ1n) is 12.0. The highest BCUT2D eigenvalue weighted by molar-refractivity contribution is 5.79. The van der Waals surface area contributed by atoms with E-state index in [0.29, 0.717) is 5.91 Å². The first-order valence-corrected chi connectivity index (χ1v) is 12.0. The van der Waals surface area contributed by atoms with Crippen LogP contribution in [-0.2, 0) is 11.3 Å². The molecular weight excluding hydrogens is 410 g/mol. The summed E-state index contributed by atoms with van der Waals surface area (Å²) in [7, 11) is 0. The lowest BCUT2D eigenvalue weighted by Crippen LogP contribution is -2.51. The first-order chi connectivity index (χ1) is 16.3. The Bertz CT molecular complexity index is 1030. The number of nitrogens with zero attached hydrogens (tertiary/aromatic N) is 5. The van der Waals surface area contributed by atoms with Gasteiger partial charge < -0.3 is 9.80 Å². The molecule has 2 aliphatic heterocycles. The number of hydrogen-bond acceptors (Lipinski definition) is 5. The van der Waals surface area contributed by atoms with E-state index in [4.69, 9.17) is 0 Å². The smallest absolute Gasteiger partial charge is 0.225 e. The zero-order valence-corrected chi connectivity index (χ0v) is 19.0. The van der Waals surface area contributed by atoms with Crippen LogP contribution in [0.5, 0.6) is 0 Å². The highest BCUT2D eigenvalue weighted by Crippen LogP contribution is 2.25. The molecule has 0 saturated carbocycles. The largest absolute Gasteiger partial charge is 0.355 e. The van der Waals surface area contributed by atoms with Crippen molar-refractivity contribution in [2.24, 2.45) is 5.92 Å². The van der Waals surface area contributed by atoms with Gasteiger partial charge in [-0.15, -0.1) is 10.2 Å². The summed E-state index contributed by atoms with van der Waals surface area (Å²) in [4.78, 5) is 19.9. The minimum Gasteiger partial charge on any atom is -0.355 e. The lowest BCUT2D eigenvalue weighted by atomic mass is 9.95. The molecule has 2 fully saturated rings. The van der Waals surface area contributed by atoms with Crippen molar-refractivity contribution in [3.05, 3.63) is 78.4 Å². The second-order valence-corrected chi connectivity index (χ2v) is 8.99. The maximum Gasteiger partial charge on any atom is 0.225 e. The fourth-order valence-electron chi connectivity index (χ4n) is 4.84. The average molecular weight is 442 g/mol. The van der Waals surface area contributed by atoms with Gasteiger partial charge >= 0.3 is 0 Å². The monoisotopic (exact) mass is 441 g/mol. The van der Waals surface area contributed by atoms with E-state index in [-0.39, 0.29) is 5.92 Å². The molecule has 1 amide bonds. The van der Waals surface area contributed by atoms with Gasteiger partial charge in [0.15, 0.2) is 5.82 Å². The zero-order chi connectivity index (χ0) is 22.5. The molecule has 2 aliphatic rings. The summed E-state index contributed by atoms with van der Waals surface area (Å²) in [6, 6.07) is 24.8. The second kappa shape index (κ2) is 10.1. The molecule has 0 unspecified atom stereocenters. The van der Waals surface area contributed by atoms with Crippen LogP contribution in [0.2, 0.25) is 0 Å². The number of benzene rings is 2. The maximum atomic E-state index is 13.1. The lowest BCUT2D eigenvalue weighted by molar-refractivity contribution is -0.138. The Hall–Kier alpha value is -3.25. The van der Waals surface area contributed by atoms with Crippen molar-refractivity contribution in [1.29, 1.82) is 0 Å². The molecule has 5 rings (SSSR count). The predicted octanol–water partition coefficient (Wildman–Crippen LogP) is 3.70. The molecule has 33 heavy (non-hydrogen) atoms. The first kappa shape index (κ1) is 21.6. The number of piperazine rings is 1. The Labute approximate surface area is 195 Å². The van der Waals surface area contributed by atoms with Crippen LogP contribution in [0.1, 0.15) is 18.4 Å². The summed E-state index contributed by atoms with van der Waals surface area (Å²) in [5.74, 6) is 1.35. The van der Waals surface area contributed by atoms with Gasteiger partial charge in [-0.3, -0.25) is 9.69 Å². The Morgan fingerprint density at radius 2 is 1.42 bits per heavy atom. The van der Waals surface area contributed by atoms with Gasteiger partial charge in [0.2, 0.25) is 5.91 Å². The number of amides is 1. The normalized spacial score (nSPS) is 17.8. The third-order valence-electron chi connectivity index (χ3n) is 6.82. The van der Waals surface area contributed by atoms with Gasteiger partial charge in [-0.1, -0.05) is 60.7 Å². The van der Waals surface area contributed by atoms with Gasteiger partial charge in [-0.05, 0) is 30.5 Å². The molecule has 0 bridgehead atoms. The SMILES string of the molecule is O=C(C1CCN(c2ccc(-c3ccccc3)nn2)CC1)N1CCN(Cc2ccccc2)CC1. The molecule has 3 aromatic rings. The predicted molar refractivity (Wildman–Crippen MR) is 131 cm³/mol. The van der Waals surface area contributed by atoms with Gasteiger partial charge in [0.1, 0.15) is 0 Å². The number of carbonyl (C=O) groups excluding carboxylic acids is 1. The number of anilines is 1. The third-order valence-corrected chi connectivity index (χ3v) is 6.82. The minimum absolute atomic E-state index is 0.124. The van der Waals surface area contributed by atoms with Crippen molar-refractivity contribution in [1.82, 2.24) is 20.0 Å². The van der Waals surface area contributed by atoms with Gasteiger partial charge in [-0.25, -0.2) is 0 Å². The molecule has 6 nitrogen and oxygen atoms in total. The molecule has 1 aromatic heterocycles. The van der Waals surface area contributed by atoms with Crippen molar-refractivity contribution in [3.63, 3.8) is 0 Å². The van der Waals surface area contributed by atoms with E-state index in [1.165, 1.54) is 5.56 Å². The standard InChI is InChI=1S/C27H31N5O/c33-27(32-19-17-30(18-20-32)21-22-7-3-1-4-8-22)24-13-15-31(16-14-24)26-12-11-25(28-29-26)23-9-5-2-6-10-23/h1-12,24H,13-21H2. The molecule has 2 aromatic carbocycles. The molecule has 0 spiro atoms. The van der Waals surface area contributed by atoms with Crippen LogP contribution < -0.4 is 4.90 Å². The molecule has 0 radical (unpaired) electrons. The minimum atomic E-state index is 0.124. The summed E-state index contributed by atoms with van der Waals surface area (Å²) in [5, 5.41) is 8.87. The summed E-state index contributed by atoms with van der Waals surface area (Å²) in [6.45, 7) is 6.22. The number of piperidine rings is 1. The number of hydrogen-bond donors (Lipinski definition) is 0. The summed E-state index contributed by atoms with van der Waals surface area (Å²) in [5.41, 5.74) is 3.30. The van der Waals surface area contributed by atoms with Gasteiger partial charge in [0.05, 0.1) is 5.69 Å². The van der Waals surface area contributed by atoms with Crippen molar-refractivity contribution in [3.8, 4) is 11.3 Å². The van der Waals surface area contributed by atoms with E-state index in [0.717, 1.165) is 75.7 Å². The molecule has 3 heterocycles. The van der Waals surface area contributed by atoms with Crippen LogP contribution in [0.15, 0.2) is 72.8 Å². The molecule has 0 N–H and O–H groups in total. The van der Waals surface area contributed by atoms with Crippen molar-refractivity contribution in [2.45, 2.75) is 19.4 Å². The molecule has 0 atom stereocenters. The summed E-state index contributed by atoms with van der Waals surface area (Å²) in [6.07, 6.45) is 1.76. The number of rotatable bonds is 5. The van der Waals surface area contributed by atoms with Crippen LogP contribution in [-0.4, -0.2) is 65.2 Å². The lowest BCUT2D eigenvalue weighted by Gasteiger charge is -2.38. The molecule has 0 aliphatic carbocycles. The van der Waals surface area contributed by atoms with E-state index in [9.17, 15) is 4.79 Å². The van der Waals surface area contributed by atoms with Gasteiger partial charge in [0, 0.05) is 57.3 Å². The number of aromatic nitrogens is 2. The quantitative estimate of drug-likeness (QED) is 0.604. The molecule has 170 valence electrons. The molecule has 6 heteroatoms. The van der Waals surface area contributed by atoms with Crippen molar-refractivity contribution in [2.75, 3.05) is 44.2 Å². The Kier molecular flexibility index (Phi) is 6.63. The highest BCUT2D eigenvalue weighted by atomic mass is 16.2. The van der Waals surface area contributed by atoms with Crippen LogP contribution in [0.3, 0.4) is 0 Å². The van der Waals surface area contributed by atoms with E-state index < -0.39 is 0 Å². The topological polar surface area (TPSA) is 52.6 Å². The Morgan fingerprint density at radius 3 is 2.06 bits per heavy atom. The Balaban J connectivity index is 1.10. The summed E-state index contributed by atoms with van der Waals surface area (Å²) < 4.78 is 0. The Morgan fingerprint density at radius 1 is 0.758 bits per heavy atom. The summed E-state index contributed by atoms with van der Waals surface area (Å²) >= 11 is 0. The van der Waals surface area contributed by atoms with Crippen LogP contribution >= 0.6 is 0 Å². The van der Waals surface area contributed by atoms with Crippen molar-refractivity contribution >= 4 is 11.7 Å². The van der Waals surface area contributed by atoms with Crippen LogP contribution in [0, 0.1) is 5.92 Å². The molecule has 2 saturated heterocycles. The zero-order valence-electron chi connectivity index (χ0n) is 19.0. The van der Waals surface area contributed by atoms with Gasteiger partial charge in [-0.2, -0.15) is 0 Å². The van der Waals surface area contributed by atoms with E-state index in [1.54, 1.807) is 0 Å². The van der Waals surface area contributed by atoms with E-state index in [2.05, 4.69) is 55.2 Å². The van der Waals surface area contributed by atoms with Crippen LogP contribution in [0.4, 0.5) is 5.82 Å². The van der Waals surface area contributed by atoms with E-state index in [1.807, 2.05) is 42.5 Å². The number of carbonyl (C=O) groups is 1. The van der Waals surface area contributed by atoms with E-state index >= 15 is 0 Å². The fourth-order valence-corrected chi connectivity index (χ4v) is 4.84. The fraction of sp³-hybridized carbons (Fsp3) is 0.370.